The van der Waals surface area contributed by atoms with Crippen LogP contribution in [0.15, 0.2) is 0 Å². The second kappa shape index (κ2) is 5.77. The Kier molecular flexibility index (Phi) is 4.29. The quantitative estimate of drug-likeness (QED) is 0.776. The van der Waals surface area contributed by atoms with E-state index in [1.54, 1.807) is 11.8 Å². The number of hydrogen-bond donors (Lipinski definition) is 2. The first-order valence-electron chi connectivity index (χ1n) is 6.97. The van der Waals surface area contributed by atoms with Crippen LogP contribution in [0.5, 0.6) is 0 Å². The first-order chi connectivity index (χ1) is 9.00. The molecule has 2 aliphatic rings. The van der Waals surface area contributed by atoms with Gasteiger partial charge in [0.25, 0.3) is 0 Å². The minimum Gasteiger partial charge on any atom is -0.480 e. The Morgan fingerprint density at radius 3 is 2.32 bits per heavy atom. The summed E-state index contributed by atoms with van der Waals surface area (Å²) >= 11 is 0. The number of amides is 2. The van der Waals surface area contributed by atoms with Gasteiger partial charge in [0, 0.05) is 19.6 Å². The largest absolute Gasteiger partial charge is 0.480 e. The Bertz CT molecular complexity index is 351. The molecule has 108 valence electrons. The van der Waals surface area contributed by atoms with E-state index in [4.69, 9.17) is 5.11 Å². The highest BCUT2D eigenvalue weighted by Crippen LogP contribution is 2.24. The Hall–Kier alpha value is -1.30. The van der Waals surface area contributed by atoms with Gasteiger partial charge >= 0.3 is 12.0 Å². The maximum atomic E-state index is 12.3. The second-order valence-corrected chi connectivity index (χ2v) is 5.54. The van der Waals surface area contributed by atoms with Gasteiger partial charge in [0.15, 0.2) is 0 Å². The van der Waals surface area contributed by atoms with Gasteiger partial charge in [0.2, 0.25) is 0 Å². The van der Waals surface area contributed by atoms with E-state index in [1.165, 1.54) is 4.90 Å². The fraction of sp³-hybridized carbons (Fsp3) is 0.846. The molecule has 0 spiro atoms. The van der Waals surface area contributed by atoms with E-state index in [-0.39, 0.29) is 18.1 Å². The molecule has 0 bridgehead atoms. The van der Waals surface area contributed by atoms with Crippen LogP contribution in [-0.4, -0.2) is 63.8 Å². The van der Waals surface area contributed by atoms with Gasteiger partial charge in [-0.15, -0.1) is 0 Å². The van der Waals surface area contributed by atoms with Crippen LogP contribution in [0.25, 0.3) is 0 Å². The van der Waals surface area contributed by atoms with Crippen molar-refractivity contribution in [3.8, 4) is 0 Å². The van der Waals surface area contributed by atoms with E-state index in [0.717, 1.165) is 19.3 Å². The number of rotatable bonds is 2. The lowest BCUT2D eigenvalue weighted by Gasteiger charge is -2.36. The molecule has 2 atom stereocenters. The van der Waals surface area contributed by atoms with Crippen LogP contribution in [0.1, 0.15) is 32.6 Å². The van der Waals surface area contributed by atoms with Crippen molar-refractivity contribution in [1.82, 2.24) is 9.80 Å². The van der Waals surface area contributed by atoms with Crippen LogP contribution >= 0.6 is 0 Å². The van der Waals surface area contributed by atoms with Crippen LogP contribution in [0.2, 0.25) is 0 Å². The smallest absolute Gasteiger partial charge is 0.326 e. The zero-order valence-electron chi connectivity index (χ0n) is 11.3. The molecule has 2 N–H and O–H groups in total. The first-order valence-corrected chi connectivity index (χ1v) is 6.97. The van der Waals surface area contributed by atoms with E-state index in [0.29, 0.717) is 26.1 Å². The van der Waals surface area contributed by atoms with Gasteiger partial charge in [0.1, 0.15) is 6.04 Å². The fourth-order valence-electron chi connectivity index (χ4n) is 3.01. The van der Waals surface area contributed by atoms with Gasteiger partial charge in [-0.1, -0.05) is 0 Å². The number of nitrogens with zero attached hydrogens (tertiary/aromatic N) is 2. The number of piperidine rings is 1. The number of aliphatic hydroxyl groups is 1. The molecule has 0 radical (unpaired) electrons. The number of urea groups is 1. The van der Waals surface area contributed by atoms with E-state index < -0.39 is 12.0 Å². The molecule has 0 aromatic carbocycles. The van der Waals surface area contributed by atoms with Crippen molar-refractivity contribution in [2.45, 2.75) is 44.8 Å². The number of carbonyl (C=O) groups excluding carboxylic acids is 1. The third-order valence-corrected chi connectivity index (χ3v) is 4.28. The van der Waals surface area contributed by atoms with Crippen molar-refractivity contribution in [2.75, 3.05) is 19.6 Å². The third-order valence-electron chi connectivity index (χ3n) is 4.28. The summed E-state index contributed by atoms with van der Waals surface area (Å²) in [6, 6.07) is -0.823. The molecule has 2 rings (SSSR count). The summed E-state index contributed by atoms with van der Waals surface area (Å²) in [4.78, 5) is 26.6. The van der Waals surface area contributed by atoms with Crippen molar-refractivity contribution < 1.29 is 19.8 Å². The van der Waals surface area contributed by atoms with Gasteiger partial charge < -0.3 is 20.0 Å². The summed E-state index contributed by atoms with van der Waals surface area (Å²) in [5.41, 5.74) is 0. The van der Waals surface area contributed by atoms with Crippen LogP contribution in [0.4, 0.5) is 4.79 Å². The molecule has 2 saturated heterocycles. The highest BCUT2D eigenvalue weighted by atomic mass is 16.4. The number of carboxylic acids is 1. The van der Waals surface area contributed by atoms with Crippen molar-refractivity contribution in [3.63, 3.8) is 0 Å². The monoisotopic (exact) mass is 270 g/mol. The Morgan fingerprint density at radius 1 is 1.16 bits per heavy atom. The highest BCUT2D eigenvalue weighted by Gasteiger charge is 2.37. The lowest BCUT2D eigenvalue weighted by Crippen LogP contribution is -2.50. The van der Waals surface area contributed by atoms with Crippen LogP contribution in [-0.2, 0) is 4.79 Å². The Balaban J connectivity index is 1.92. The summed E-state index contributed by atoms with van der Waals surface area (Å²) in [5, 5.41) is 18.6. The topological polar surface area (TPSA) is 81.1 Å². The van der Waals surface area contributed by atoms with Crippen LogP contribution in [0, 0.1) is 5.92 Å². The predicted octanol–water partition coefficient (Wildman–Crippen LogP) is 0.748. The maximum absolute atomic E-state index is 12.3. The molecule has 6 nitrogen and oxygen atoms in total. The number of likely N-dealkylation sites (tertiary alicyclic amines) is 2. The minimum atomic E-state index is -0.912. The number of aliphatic carboxylic acids is 1. The van der Waals surface area contributed by atoms with Gasteiger partial charge in [-0.25, -0.2) is 9.59 Å². The summed E-state index contributed by atoms with van der Waals surface area (Å²) in [7, 11) is 0. The molecule has 1 unspecified atom stereocenters. The average molecular weight is 270 g/mol. The molecule has 0 aromatic rings. The molecule has 2 aliphatic heterocycles. The predicted molar refractivity (Wildman–Crippen MR) is 68.7 cm³/mol. The van der Waals surface area contributed by atoms with Gasteiger partial charge in [-0.05, 0) is 38.5 Å². The molecule has 2 amide bonds. The van der Waals surface area contributed by atoms with Crippen molar-refractivity contribution in [2.24, 2.45) is 5.92 Å². The third kappa shape index (κ3) is 3.00. The van der Waals surface area contributed by atoms with Gasteiger partial charge in [0.05, 0.1) is 6.10 Å². The average Bonchev–Trinajstić information content (AvgIpc) is 2.87. The summed E-state index contributed by atoms with van der Waals surface area (Å²) in [6.45, 7) is 3.53. The minimum absolute atomic E-state index is 0.158. The number of carboxylic acid groups (broad SMARTS) is 1. The molecule has 0 saturated carbocycles. The van der Waals surface area contributed by atoms with E-state index in [1.807, 2.05) is 0 Å². The lowest BCUT2D eigenvalue weighted by molar-refractivity contribution is -0.141. The van der Waals surface area contributed by atoms with E-state index in [2.05, 4.69) is 0 Å². The van der Waals surface area contributed by atoms with Crippen molar-refractivity contribution >= 4 is 12.0 Å². The number of carbonyl (C=O) groups is 2. The zero-order valence-corrected chi connectivity index (χ0v) is 11.3. The molecule has 2 heterocycles. The van der Waals surface area contributed by atoms with E-state index in [9.17, 15) is 14.7 Å². The fourth-order valence-corrected chi connectivity index (χ4v) is 3.01. The number of hydrogen-bond acceptors (Lipinski definition) is 3. The second-order valence-electron chi connectivity index (χ2n) is 5.54. The highest BCUT2D eigenvalue weighted by molar-refractivity contribution is 5.83. The summed E-state index contributed by atoms with van der Waals surface area (Å²) in [5.74, 6) is -0.664. The van der Waals surface area contributed by atoms with Gasteiger partial charge in [-0.2, -0.15) is 0 Å². The molecule has 0 aliphatic carbocycles. The van der Waals surface area contributed by atoms with Crippen molar-refractivity contribution in [1.29, 1.82) is 0 Å². The molecular weight excluding hydrogens is 248 g/mol. The summed E-state index contributed by atoms with van der Waals surface area (Å²) in [6.07, 6.45) is 2.54. The van der Waals surface area contributed by atoms with Crippen molar-refractivity contribution in [3.05, 3.63) is 0 Å². The standard InChI is InChI=1S/C13H22N2O4/c1-9(16)10-4-7-14(8-5-10)13(19)15-6-2-3-11(15)12(17)18/h9-11,16H,2-8H2,1H3,(H,17,18)/t9?,11-/m1/s1. The Labute approximate surface area is 113 Å². The molecule has 2 fully saturated rings. The molecule has 0 aromatic heterocycles. The molecule has 6 heteroatoms. The first kappa shape index (κ1) is 14.1. The van der Waals surface area contributed by atoms with Crippen LogP contribution < -0.4 is 0 Å². The SMILES string of the molecule is CC(O)C1CCN(C(=O)N2CCC[C@@H]2C(=O)O)CC1. The molecule has 19 heavy (non-hydrogen) atoms. The summed E-state index contributed by atoms with van der Waals surface area (Å²) < 4.78 is 0. The maximum Gasteiger partial charge on any atom is 0.326 e. The van der Waals surface area contributed by atoms with Gasteiger partial charge in [-0.3, -0.25) is 0 Å². The van der Waals surface area contributed by atoms with E-state index >= 15 is 0 Å². The lowest BCUT2D eigenvalue weighted by atomic mass is 9.92. The zero-order chi connectivity index (χ0) is 14.0. The normalized spacial score (nSPS) is 26.5. The number of aliphatic hydroxyl groups excluding tert-OH is 1. The molecular formula is C13H22N2O4. The van der Waals surface area contributed by atoms with Crippen LogP contribution in [0.3, 0.4) is 0 Å². The Morgan fingerprint density at radius 2 is 1.79 bits per heavy atom.